The maximum atomic E-state index is 13.6. The van der Waals surface area contributed by atoms with E-state index in [9.17, 15) is 8.96 Å². The molecule has 0 aliphatic carbocycles. The number of hydrogen-bond donors (Lipinski definition) is 0. The molecule has 80 valence electrons. The number of benzene rings is 1. The van der Waals surface area contributed by atoms with E-state index < -0.39 is 0 Å². The van der Waals surface area contributed by atoms with Crippen LogP contribution in [0.5, 0.6) is 0 Å². The Bertz CT molecular complexity index is 562. The number of nitrogens with zero attached hydrogens (tertiary/aromatic N) is 2. The second-order valence-electron chi connectivity index (χ2n) is 3.58. The highest BCUT2D eigenvalue weighted by atomic mass is 19.2. The van der Waals surface area contributed by atoms with Gasteiger partial charge in [-0.05, 0) is 12.2 Å². The highest BCUT2D eigenvalue weighted by molar-refractivity contribution is 5.78. The fourth-order valence-corrected chi connectivity index (χ4v) is 1.92. The molecule has 0 N–H and O–H groups in total. The summed E-state index contributed by atoms with van der Waals surface area (Å²) in [5.41, 5.74) is 0.478. The molecule has 2 nitrogen and oxygen atoms in total. The summed E-state index contributed by atoms with van der Waals surface area (Å²) in [5.74, 6) is 0. The molecule has 1 aromatic rings. The summed E-state index contributed by atoms with van der Waals surface area (Å²) in [7, 11) is 0. The van der Waals surface area contributed by atoms with Crippen molar-refractivity contribution in [3.63, 3.8) is 0 Å². The fraction of sp³-hybridized carbons (Fsp3) is 0. The topological polar surface area (TPSA) is 6.48 Å². The minimum Gasteiger partial charge on any atom is -0.184 e. The smallest absolute Gasteiger partial charge is 0.108 e. The normalized spacial score (nSPS) is 16.4. The van der Waals surface area contributed by atoms with Crippen LogP contribution >= 0.6 is 0 Å². The molecule has 3 rings (SSSR count). The van der Waals surface area contributed by atoms with Gasteiger partial charge in [0.2, 0.25) is 0 Å². The van der Waals surface area contributed by atoms with Gasteiger partial charge in [-0.3, -0.25) is 0 Å². The van der Waals surface area contributed by atoms with Crippen molar-refractivity contribution in [3.05, 3.63) is 47.1 Å². The summed E-state index contributed by atoms with van der Waals surface area (Å²) in [4.78, 5) is 0. The molecule has 0 bridgehead atoms. The molecule has 16 heavy (non-hydrogen) atoms. The third-order valence-electron chi connectivity index (χ3n) is 2.63. The lowest BCUT2D eigenvalue weighted by atomic mass is 10.1. The Balaban J connectivity index is 2.41. The second kappa shape index (κ2) is 3.20. The Morgan fingerprint density at radius 2 is 1.19 bits per heavy atom. The van der Waals surface area contributed by atoms with Gasteiger partial charge in [-0.15, -0.1) is 0 Å². The molecule has 0 amide bonds. The number of anilines is 2. The van der Waals surface area contributed by atoms with Crippen LogP contribution in [-0.4, -0.2) is 0 Å². The van der Waals surface area contributed by atoms with E-state index >= 15 is 0 Å². The number of hydrogen-bond acceptors (Lipinski definition) is 2. The average Bonchev–Trinajstić information content (AvgIpc) is 2.29. The molecule has 0 unspecified atom stereocenters. The predicted molar refractivity (Wildman–Crippen MR) is 60.1 cm³/mol. The summed E-state index contributed by atoms with van der Waals surface area (Å²) in [5, 5.41) is 2.20. The first-order valence-electron chi connectivity index (χ1n) is 4.87. The van der Waals surface area contributed by atoms with Crippen LogP contribution in [0.3, 0.4) is 0 Å². The maximum Gasteiger partial charge on any atom is 0.108 e. The monoisotopic (exact) mass is 218 g/mol. The molecule has 0 fully saturated rings. The number of rotatable bonds is 0. The Kier molecular flexibility index (Phi) is 1.83. The first kappa shape index (κ1) is 9.15. The second-order valence-corrected chi connectivity index (χ2v) is 3.58. The highest BCUT2D eigenvalue weighted by Gasteiger charge is 2.19. The largest absolute Gasteiger partial charge is 0.184 e. The first-order valence-corrected chi connectivity index (χ1v) is 4.87. The highest BCUT2D eigenvalue weighted by Crippen LogP contribution is 2.26. The SMILES string of the molecule is FN1C=CC=c2ccc3c(c21)N(F)C=CC=3. The van der Waals surface area contributed by atoms with Crippen LogP contribution in [0, 0.1) is 0 Å². The Morgan fingerprint density at radius 1 is 0.750 bits per heavy atom. The van der Waals surface area contributed by atoms with Gasteiger partial charge >= 0.3 is 0 Å². The van der Waals surface area contributed by atoms with Gasteiger partial charge in [0.1, 0.15) is 11.4 Å². The molecule has 0 atom stereocenters. The molecule has 0 aromatic heterocycles. The van der Waals surface area contributed by atoms with Crippen LogP contribution in [0.2, 0.25) is 0 Å². The summed E-state index contributed by atoms with van der Waals surface area (Å²) in [6, 6.07) is 3.54. The molecule has 0 saturated heterocycles. The van der Waals surface area contributed by atoms with Crippen LogP contribution in [0.25, 0.3) is 12.2 Å². The van der Waals surface area contributed by atoms with Crippen LogP contribution in [0.1, 0.15) is 0 Å². The summed E-state index contributed by atoms with van der Waals surface area (Å²) >= 11 is 0. The van der Waals surface area contributed by atoms with Crippen LogP contribution in [0.4, 0.5) is 20.3 Å². The van der Waals surface area contributed by atoms with Crippen molar-refractivity contribution in [2.24, 2.45) is 0 Å². The van der Waals surface area contributed by atoms with Gasteiger partial charge < -0.3 is 0 Å². The molecule has 0 radical (unpaired) electrons. The van der Waals surface area contributed by atoms with Gasteiger partial charge in [0.15, 0.2) is 0 Å². The summed E-state index contributed by atoms with van der Waals surface area (Å²) in [6.07, 6.45) is 9.18. The molecule has 2 heterocycles. The zero-order valence-electron chi connectivity index (χ0n) is 8.27. The third kappa shape index (κ3) is 1.16. The molecule has 0 spiro atoms. The summed E-state index contributed by atoms with van der Waals surface area (Å²) in [6.45, 7) is 0. The molecule has 2 aliphatic rings. The third-order valence-corrected chi connectivity index (χ3v) is 2.63. The van der Waals surface area contributed by atoms with Crippen molar-refractivity contribution in [2.45, 2.75) is 0 Å². The Labute approximate surface area is 90.6 Å². The van der Waals surface area contributed by atoms with Gasteiger partial charge in [-0.2, -0.15) is 10.2 Å². The van der Waals surface area contributed by atoms with E-state index in [-0.39, 0.29) is 11.4 Å². The molecule has 0 saturated carbocycles. The quantitative estimate of drug-likeness (QED) is 0.611. The van der Waals surface area contributed by atoms with E-state index in [2.05, 4.69) is 0 Å². The molecule has 1 aromatic carbocycles. The molecular weight excluding hydrogens is 210 g/mol. The minimum atomic E-state index is 0.239. The first-order chi connectivity index (χ1) is 7.77. The van der Waals surface area contributed by atoms with Crippen molar-refractivity contribution < 1.29 is 8.96 Å². The molecule has 4 heteroatoms. The molecular formula is C12H8F2N2. The Morgan fingerprint density at radius 3 is 1.62 bits per heavy atom. The number of allylic oxidation sites excluding steroid dienone is 2. The zero-order valence-corrected chi connectivity index (χ0v) is 8.27. The van der Waals surface area contributed by atoms with Crippen molar-refractivity contribution in [1.29, 1.82) is 0 Å². The van der Waals surface area contributed by atoms with E-state index in [1.807, 2.05) is 0 Å². The lowest BCUT2D eigenvalue weighted by Gasteiger charge is -2.21. The van der Waals surface area contributed by atoms with Crippen molar-refractivity contribution in [1.82, 2.24) is 0 Å². The van der Waals surface area contributed by atoms with E-state index in [0.29, 0.717) is 20.7 Å². The summed E-state index contributed by atoms with van der Waals surface area (Å²) < 4.78 is 27.3. The Hall–Kier alpha value is -2.10. The van der Waals surface area contributed by atoms with E-state index in [1.165, 1.54) is 12.4 Å². The van der Waals surface area contributed by atoms with Gasteiger partial charge in [0, 0.05) is 22.8 Å². The predicted octanol–water partition coefficient (Wildman–Crippen LogP) is 1.68. The van der Waals surface area contributed by atoms with Gasteiger partial charge in [0.25, 0.3) is 0 Å². The van der Waals surface area contributed by atoms with Gasteiger partial charge in [-0.1, -0.05) is 33.2 Å². The van der Waals surface area contributed by atoms with E-state index in [1.54, 1.807) is 36.4 Å². The molecule has 2 aliphatic heterocycles. The van der Waals surface area contributed by atoms with Crippen LogP contribution < -0.4 is 20.7 Å². The van der Waals surface area contributed by atoms with Crippen molar-refractivity contribution in [3.8, 4) is 0 Å². The van der Waals surface area contributed by atoms with Gasteiger partial charge in [0.05, 0.1) is 0 Å². The lowest BCUT2D eigenvalue weighted by Crippen LogP contribution is -2.27. The van der Waals surface area contributed by atoms with Gasteiger partial charge in [-0.25, -0.2) is 0 Å². The van der Waals surface area contributed by atoms with Crippen molar-refractivity contribution in [2.75, 3.05) is 10.2 Å². The number of fused-ring (bicyclic) bond motifs is 3. The lowest BCUT2D eigenvalue weighted by molar-refractivity contribution is 0.477. The van der Waals surface area contributed by atoms with Crippen LogP contribution in [-0.2, 0) is 0 Å². The maximum absolute atomic E-state index is 13.6. The average molecular weight is 218 g/mol. The van der Waals surface area contributed by atoms with E-state index in [4.69, 9.17) is 0 Å². The van der Waals surface area contributed by atoms with Crippen molar-refractivity contribution >= 4 is 23.5 Å². The van der Waals surface area contributed by atoms with E-state index in [0.717, 1.165) is 0 Å². The fourth-order valence-electron chi connectivity index (χ4n) is 1.92. The zero-order chi connectivity index (χ0) is 11.1. The minimum absolute atomic E-state index is 0.239. The van der Waals surface area contributed by atoms with Crippen LogP contribution in [0.15, 0.2) is 36.7 Å². The standard InChI is InChI=1S/C12H8F2N2/c13-15-7-1-3-9-5-6-10-4-2-8-16(14)12(10)11(9)15/h1-8H. The number of halogens is 2.